The van der Waals surface area contributed by atoms with Crippen molar-refractivity contribution >= 4 is 23.2 Å². The van der Waals surface area contributed by atoms with E-state index in [0.29, 0.717) is 16.1 Å². The van der Waals surface area contributed by atoms with Gasteiger partial charge in [0.25, 0.3) is 5.91 Å². The Labute approximate surface area is 170 Å². The summed E-state index contributed by atoms with van der Waals surface area (Å²) in [5, 5.41) is 3.61. The lowest BCUT2D eigenvalue weighted by Crippen LogP contribution is -2.32. The molecule has 0 saturated carbocycles. The Morgan fingerprint density at radius 2 is 1.69 bits per heavy atom. The third kappa shape index (κ3) is 3.80. The molecule has 0 aromatic heterocycles. The smallest absolute Gasteiger partial charge is 0.361 e. The van der Waals surface area contributed by atoms with Gasteiger partial charge in [0.1, 0.15) is 6.17 Å². The van der Waals surface area contributed by atoms with Crippen molar-refractivity contribution < 1.29 is 18.0 Å². The van der Waals surface area contributed by atoms with Gasteiger partial charge in [-0.25, -0.2) is 0 Å². The average Bonchev–Trinajstić information content (AvgIpc) is 2.95. The molecule has 1 N–H and O–H groups in total. The SMILES string of the molecule is O=C1c2ccccc2[C@H](Nc2cccc(C(F)(F)F)c2)N1Cc1ccccc1Cl. The number of rotatable bonds is 4. The van der Waals surface area contributed by atoms with Crippen LogP contribution in [0.1, 0.15) is 33.2 Å². The van der Waals surface area contributed by atoms with E-state index in [1.807, 2.05) is 12.1 Å². The molecule has 0 unspecified atom stereocenters. The maximum absolute atomic E-state index is 13.1. The molecule has 4 rings (SSSR count). The number of anilines is 1. The summed E-state index contributed by atoms with van der Waals surface area (Å²) < 4.78 is 39.3. The van der Waals surface area contributed by atoms with Gasteiger partial charge in [0.05, 0.1) is 5.56 Å². The minimum absolute atomic E-state index is 0.204. The first-order valence-corrected chi connectivity index (χ1v) is 9.29. The predicted molar refractivity (Wildman–Crippen MR) is 106 cm³/mol. The molecule has 148 valence electrons. The second-order valence-electron chi connectivity index (χ2n) is 6.74. The summed E-state index contributed by atoms with van der Waals surface area (Å²) in [4.78, 5) is 14.6. The van der Waals surface area contributed by atoms with Gasteiger partial charge >= 0.3 is 6.18 Å². The van der Waals surface area contributed by atoms with E-state index in [9.17, 15) is 18.0 Å². The fourth-order valence-electron chi connectivity index (χ4n) is 3.44. The van der Waals surface area contributed by atoms with Crippen LogP contribution in [0, 0.1) is 0 Å². The van der Waals surface area contributed by atoms with Crippen LogP contribution in [0.4, 0.5) is 18.9 Å². The van der Waals surface area contributed by atoms with Crippen molar-refractivity contribution in [2.75, 3.05) is 5.32 Å². The summed E-state index contributed by atoms with van der Waals surface area (Å²) in [6, 6.07) is 19.2. The Hall–Kier alpha value is -2.99. The van der Waals surface area contributed by atoms with E-state index in [1.165, 1.54) is 6.07 Å². The summed E-state index contributed by atoms with van der Waals surface area (Å²) in [6.45, 7) is 0.226. The number of halogens is 4. The summed E-state index contributed by atoms with van der Waals surface area (Å²) in [6.07, 6.45) is -5.06. The van der Waals surface area contributed by atoms with Gasteiger partial charge in [0.15, 0.2) is 0 Å². The van der Waals surface area contributed by atoms with Gasteiger partial charge in [-0.2, -0.15) is 13.2 Å². The topological polar surface area (TPSA) is 32.3 Å². The van der Waals surface area contributed by atoms with Crippen molar-refractivity contribution in [1.29, 1.82) is 0 Å². The third-order valence-electron chi connectivity index (χ3n) is 4.85. The molecule has 7 heteroatoms. The zero-order chi connectivity index (χ0) is 20.6. The minimum atomic E-state index is -4.45. The molecule has 29 heavy (non-hydrogen) atoms. The van der Waals surface area contributed by atoms with Gasteiger partial charge in [-0.05, 0) is 35.9 Å². The van der Waals surface area contributed by atoms with Gasteiger partial charge < -0.3 is 10.2 Å². The molecule has 3 aromatic rings. The lowest BCUT2D eigenvalue weighted by molar-refractivity contribution is -0.137. The Balaban J connectivity index is 1.70. The van der Waals surface area contributed by atoms with Gasteiger partial charge in [0.2, 0.25) is 0 Å². The van der Waals surface area contributed by atoms with Crippen molar-refractivity contribution in [3.05, 3.63) is 100 Å². The maximum atomic E-state index is 13.1. The van der Waals surface area contributed by atoms with Gasteiger partial charge in [0, 0.05) is 28.4 Å². The number of nitrogens with zero attached hydrogens (tertiary/aromatic N) is 1. The van der Waals surface area contributed by atoms with E-state index in [-0.39, 0.29) is 18.1 Å². The third-order valence-corrected chi connectivity index (χ3v) is 5.22. The first kappa shape index (κ1) is 19.3. The number of benzene rings is 3. The van der Waals surface area contributed by atoms with Crippen LogP contribution >= 0.6 is 11.6 Å². The number of hydrogen-bond acceptors (Lipinski definition) is 2. The first-order chi connectivity index (χ1) is 13.8. The normalized spacial score (nSPS) is 16.1. The number of hydrogen-bond donors (Lipinski definition) is 1. The number of alkyl halides is 3. The van der Waals surface area contributed by atoms with Gasteiger partial charge in [-0.3, -0.25) is 4.79 Å². The molecule has 0 saturated heterocycles. The number of fused-ring (bicyclic) bond motifs is 1. The van der Waals surface area contributed by atoms with Crippen LogP contribution in [0.3, 0.4) is 0 Å². The molecule has 0 spiro atoms. The van der Waals surface area contributed by atoms with Crippen molar-refractivity contribution in [2.24, 2.45) is 0 Å². The van der Waals surface area contributed by atoms with Crippen LogP contribution in [-0.2, 0) is 12.7 Å². The quantitative estimate of drug-likeness (QED) is 0.555. The first-order valence-electron chi connectivity index (χ1n) is 8.92. The van der Waals surface area contributed by atoms with E-state index in [2.05, 4.69) is 5.32 Å². The van der Waals surface area contributed by atoms with E-state index >= 15 is 0 Å². The minimum Gasteiger partial charge on any atom is -0.361 e. The van der Waals surface area contributed by atoms with E-state index in [1.54, 1.807) is 47.4 Å². The molecule has 0 fully saturated rings. The zero-order valence-corrected chi connectivity index (χ0v) is 15.8. The summed E-state index contributed by atoms with van der Waals surface area (Å²) in [5.74, 6) is -0.204. The molecular weight excluding hydrogens is 401 g/mol. The van der Waals surface area contributed by atoms with Gasteiger partial charge in [-0.1, -0.05) is 54.1 Å². The fourth-order valence-corrected chi connectivity index (χ4v) is 3.64. The molecule has 1 heterocycles. The Bertz CT molecular complexity index is 1070. The highest BCUT2D eigenvalue weighted by molar-refractivity contribution is 6.31. The standard InChI is InChI=1S/C22H16ClF3N2O/c23-19-11-4-1-6-14(19)13-28-20(17-9-2-3-10-18(17)21(28)29)27-16-8-5-7-15(12-16)22(24,25)26/h1-12,20,27H,13H2/t20-/m1/s1. The van der Waals surface area contributed by atoms with Crippen molar-refractivity contribution in [3.8, 4) is 0 Å². The molecule has 1 aliphatic rings. The summed E-state index contributed by atoms with van der Waals surface area (Å²) >= 11 is 6.26. The van der Waals surface area contributed by atoms with Crippen molar-refractivity contribution in [3.63, 3.8) is 0 Å². The van der Waals surface area contributed by atoms with Crippen LogP contribution in [-0.4, -0.2) is 10.8 Å². The Morgan fingerprint density at radius 1 is 0.966 bits per heavy atom. The molecule has 0 aliphatic carbocycles. The van der Waals surface area contributed by atoms with E-state index in [4.69, 9.17) is 11.6 Å². The highest BCUT2D eigenvalue weighted by Crippen LogP contribution is 2.37. The monoisotopic (exact) mass is 416 g/mol. The number of carbonyl (C=O) groups is 1. The number of carbonyl (C=O) groups excluding carboxylic acids is 1. The highest BCUT2D eigenvalue weighted by Gasteiger charge is 2.37. The van der Waals surface area contributed by atoms with Crippen LogP contribution in [0.2, 0.25) is 5.02 Å². The van der Waals surface area contributed by atoms with Crippen LogP contribution in [0.15, 0.2) is 72.8 Å². The van der Waals surface area contributed by atoms with Crippen LogP contribution in [0.25, 0.3) is 0 Å². The lowest BCUT2D eigenvalue weighted by atomic mass is 10.1. The molecule has 3 nitrogen and oxygen atoms in total. The van der Waals surface area contributed by atoms with Crippen molar-refractivity contribution in [2.45, 2.75) is 18.9 Å². The second kappa shape index (κ2) is 7.44. The molecule has 1 atom stereocenters. The van der Waals surface area contributed by atoms with Crippen LogP contribution in [0.5, 0.6) is 0 Å². The Morgan fingerprint density at radius 3 is 2.45 bits per heavy atom. The lowest BCUT2D eigenvalue weighted by Gasteiger charge is -2.28. The molecule has 0 bridgehead atoms. The Kier molecular flexibility index (Phi) is 4.96. The second-order valence-corrected chi connectivity index (χ2v) is 7.14. The summed E-state index contributed by atoms with van der Waals surface area (Å²) in [7, 11) is 0. The number of nitrogens with one attached hydrogen (secondary N) is 1. The summed E-state index contributed by atoms with van der Waals surface area (Å²) in [5.41, 5.74) is 1.51. The maximum Gasteiger partial charge on any atom is 0.416 e. The number of amides is 1. The molecule has 0 radical (unpaired) electrons. The average molecular weight is 417 g/mol. The van der Waals surface area contributed by atoms with Crippen LogP contribution < -0.4 is 5.32 Å². The predicted octanol–water partition coefficient (Wildman–Crippen LogP) is 6.13. The van der Waals surface area contributed by atoms with Gasteiger partial charge in [-0.15, -0.1) is 0 Å². The molecule has 1 amide bonds. The highest BCUT2D eigenvalue weighted by atomic mass is 35.5. The largest absolute Gasteiger partial charge is 0.416 e. The van der Waals surface area contributed by atoms with E-state index in [0.717, 1.165) is 17.7 Å². The zero-order valence-electron chi connectivity index (χ0n) is 15.1. The molecular formula is C22H16ClF3N2O. The van der Waals surface area contributed by atoms with Crippen molar-refractivity contribution in [1.82, 2.24) is 4.90 Å². The fraction of sp³-hybridized carbons (Fsp3) is 0.136. The molecule has 1 aliphatic heterocycles. The van der Waals surface area contributed by atoms with E-state index < -0.39 is 17.9 Å². The molecule has 3 aromatic carbocycles.